The Morgan fingerprint density at radius 2 is 2.42 bits per heavy atom. The van der Waals surface area contributed by atoms with E-state index in [1.807, 2.05) is 0 Å². The van der Waals surface area contributed by atoms with Gasteiger partial charge in [-0.05, 0) is 20.0 Å². The number of ether oxygens (including phenoxy) is 1. The number of carboxylic acid groups (broad SMARTS) is 1. The van der Waals surface area contributed by atoms with E-state index in [9.17, 15) is 4.79 Å². The van der Waals surface area contributed by atoms with Crippen molar-refractivity contribution in [2.24, 2.45) is 0 Å². The molecule has 0 aliphatic carbocycles. The lowest BCUT2D eigenvalue weighted by molar-refractivity contribution is -0.0183. The third-order valence-corrected chi connectivity index (χ3v) is 3.21. The van der Waals surface area contributed by atoms with Crippen LogP contribution in [0.5, 0.6) is 0 Å². The molecule has 2 rings (SSSR count). The summed E-state index contributed by atoms with van der Waals surface area (Å²) in [6.45, 7) is 5.53. The Morgan fingerprint density at radius 1 is 1.63 bits per heavy atom. The predicted octanol–water partition coefficient (Wildman–Crippen LogP) is 0.706. The summed E-state index contributed by atoms with van der Waals surface area (Å²) in [6, 6.07) is 1.57. The fourth-order valence-corrected chi connectivity index (χ4v) is 2.19. The lowest BCUT2D eigenvalue weighted by atomic mass is 10.2. The van der Waals surface area contributed by atoms with E-state index < -0.39 is 5.97 Å². The van der Waals surface area contributed by atoms with Crippen molar-refractivity contribution in [3.8, 4) is 0 Å². The summed E-state index contributed by atoms with van der Waals surface area (Å²) in [5.74, 6) is 0.127. The van der Waals surface area contributed by atoms with Crippen molar-refractivity contribution in [1.82, 2.24) is 10.2 Å². The first-order valence-corrected chi connectivity index (χ1v) is 6.39. The van der Waals surface area contributed by atoms with Crippen LogP contribution in [0.2, 0.25) is 0 Å². The van der Waals surface area contributed by atoms with Gasteiger partial charge in [-0.25, -0.2) is 4.79 Å². The molecule has 2 N–H and O–H groups in total. The second kappa shape index (κ2) is 6.18. The molecule has 1 aliphatic heterocycles. The molecule has 6 nitrogen and oxygen atoms in total. The van der Waals surface area contributed by atoms with E-state index in [1.165, 1.54) is 0 Å². The molecule has 0 radical (unpaired) electrons. The fourth-order valence-electron chi connectivity index (χ4n) is 2.19. The number of aryl methyl sites for hydroxylation is 1. The number of furan rings is 1. The van der Waals surface area contributed by atoms with Crippen LogP contribution < -0.4 is 5.32 Å². The minimum atomic E-state index is -0.954. The Balaban J connectivity index is 1.79. The monoisotopic (exact) mass is 268 g/mol. The van der Waals surface area contributed by atoms with Gasteiger partial charge in [-0.15, -0.1) is 0 Å². The van der Waals surface area contributed by atoms with Gasteiger partial charge in [0.2, 0.25) is 0 Å². The van der Waals surface area contributed by atoms with Crippen molar-refractivity contribution in [3.63, 3.8) is 0 Å². The Kier molecular flexibility index (Phi) is 4.57. The largest absolute Gasteiger partial charge is 0.478 e. The minimum absolute atomic E-state index is 0.175. The Morgan fingerprint density at radius 3 is 3.05 bits per heavy atom. The zero-order chi connectivity index (χ0) is 13.8. The van der Waals surface area contributed by atoms with Gasteiger partial charge < -0.3 is 24.5 Å². The molecule has 1 aromatic rings. The van der Waals surface area contributed by atoms with Crippen LogP contribution in [0.4, 0.5) is 0 Å². The maximum absolute atomic E-state index is 10.9. The highest BCUT2D eigenvalue weighted by molar-refractivity contribution is 5.88. The van der Waals surface area contributed by atoms with Crippen LogP contribution in [0.3, 0.4) is 0 Å². The Hall–Kier alpha value is -1.37. The van der Waals surface area contributed by atoms with Gasteiger partial charge in [0.15, 0.2) is 0 Å². The van der Waals surface area contributed by atoms with Crippen LogP contribution in [-0.2, 0) is 11.3 Å². The highest BCUT2D eigenvalue weighted by Gasteiger charge is 2.18. The molecule has 106 valence electrons. The molecule has 0 spiro atoms. The third kappa shape index (κ3) is 3.79. The molecular formula is C13H20N2O4. The van der Waals surface area contributed by atoms with E-state index >= 15 is 0 Å². The van der Waals surface area contributed by atoms with Gasteiger partial charge in [-0.2, -0.15) is 0 Å². The number of morpholine rings is 1. The zero-order valence-corrected chi connectivity index (χ0v) is 11.3. The number of nitrogens with zero attached hydrogens (tertiary/aromatic N) is 1. The number of carboxylic acids is 1. The van der Waals surface area contributed by atoms with Crippen LogP contribution in [0.15, 0.2) is 10.5 Å². The van der Waals surface area contributed by atoms with E-state index in [2.05, 4.69) is 17.3 Å². The minimum Gasteiger partial charge on any atom is -0.478 e. The first-order chi connectivity index (χ1) is 9.06. The SMILES string of the molecule is Cc1oc(CNCC2CN(C)CCO2)cc1C(=O)O. The van der Waals surface area contributed by atoms with Gasteiger partial charge in [0.1, 0.15) is 17.1 Å². The van der Waals surface area contributed by atoms with Gasteiger partial charge in [-0.3, -0.25) is 0 Å². The number of hydrogen-bond donors (Lipinski definition) is 2. The quantitative estimate of drug-likeness (QED) is 0.819. The van der Waals surface area contributed by atoms with E-state index in [-0.39, 0.29) is 11.7 Å². The van der Waals surface area contributed by atoms with Gasteiger partial charge in [0.25, 0.3) is 0 Å². The van der Waals surface area contributed by atoms with E-state index in [0.29, 0.717) is 18.1 Å². The molecule has 1 atom stereocenters. The number of hydrogen-bond acceptors (Lipinski definition) is 5. The predicted molar refractivity (Wildman–Crippen MR) is 69.3 cm³/mol. The molecule has 0 aromatic carbocycles. The van der Waals surface area contributed by atoms with Crippen LogP contribution in [0.25, 0.3) is 0 Å². The van der Waals surface area contributed by atoms with E-state index in [4.69, 9.17) is 14.3 Å². The molecule has 1 unspecified atom stereocenters. The molecule has 0 bridgehead atoms. The molecule has 2 heterocycles. The maximum Gasteiger partial charge on any atom is 0.339 e. The molecule has 19 heavy (non-hydrogen) atoms. The summed E-state index contributed by atoms with van der Waals surface area (Å²) in [5.41, 5.74) is 0.227. The lowest BCUT2D eigenvalue weighted by Gasteiger charge is -2.30. The summed E-state index contributed by atoms with van der Waals surface area (Å²) in [6.07, 6.45) is 0.175. The second-order valence-electron chi connectivity index (χ2n) is 4.87. The molecule has 1 fully saturated rings. The second-order valence-corrected chi connectivity index (χ2v) is 4.87. The normalized spacial score (nSPS) is 20.6. The van der Waals surface area contributed by atoms with Crippen molar-refractivity contribution in [1.29, 1.82) is 0 Å². The molecule has 6 heteroatoms. The molecule has 0 saturated carbocycles. The zero-order valence-electron chi connectivity index (χ0n) is 11.3. The van der Waals surface area contributed by atoms with Gasteiger partial charge in [0.05, 0.1) is 19.3 Å². The summed E-state index contributed by atoms with van der Waals surface area (Å²) < 4.78 is 11.0. The number of aromatic carboxylic acids is 1. The Labute approximate surface area is 112 Å². The summed E-state index contributed by atoms with van der Waals surface area (Å²) in [5, 5.41) is 12.2. The first-order valence-electron chi connectivity index (χ1n) is 6.39. The molecular weight excluding hydrogens is 248 g/mol. The summed E-state index contributed by atoms with van der Waals surface area (Å²) in [4.78, 5) is 13.1. The topological polar surface area (TPSA) is 74.9 Å². The van der Waals surface area contributed by atoms with Crippen LogP contribution >= 0.6 is 0 Å². The summed E-state index contributed by atoms with van der Waals surface area (Å²) >= 11 is 0. The van der Waals surface area contributed by atoms with E-state index in [0.717, 1.165) is 26.2 Å². The van der Waals surface area contributed by atoms with Gasteiger partial charge in [-0.1, -0.05) is 0 Å². The highest BCUT2D eigenvalue weighted by Crippen LogP contribution is 2.14. The third-order valence-electron chi connectivity index (χ3n) is 3.21. The summed E-state index contributed by atoms with van der Waals surface area (Å²) in [7, 11) is 2.07. The van der Waals surface area contributed by atoms with Gasteiger partial charge >= 0.3 is 5.97 Å². The molecule has 1 saturated heterocycles. The number of carbonyl (C=O) groups is 1. The smallest absolute Gasteiger partial charge is 0.339 e. The van der Waals surface area contributed by atoms with Crippen LogP contribution in [-0.4, -0.2) is 55.4 Å². The van der Waals surface area contributed by atoms with Crippen LogP contribution in [0, 0.1) is 6.92 Å². The average Bonchev–Trinajstić information content (AvgIpc) is 2.71. The number of rotatable bonds is 5. The van der Waals surface area contributed by atoms with Crippen molar-refractivity contribution in [2.75, 3.05) is 33.3 Å². The molecule has 1 aromatic heterocycles. The van der Waals surface area contributed by atoms with Crippen molar-refractivity contribution in [2.45, 2.75) is 19.6 Å². The lowest BCUT2D eigenvalue weighted by Crippen LogP contribution is -2.44. The van der Waals surface area contributed by atoms with Crippen molar-refractivity contribution < 1.29 is 19.1 Å². The molecule has 1 aliphatic rings. The molecule has 0 amide bonds. The Bertz CT molecular complexity index is 444. The maximum atomic E-state index is 10.9. The van der Waals surface area contributed by atoms with Gasteiger partial charge in [0, 0.05) is 19.6 Å². The van der Waals surface area contributed by atoms with E-state index in [1.54, 1.807) is 13.0 Å². The standard InChI is InChI=1S/C13H20N2O4/c1-9-12(13(16)17)5-10(19-9)6-14-7-11-8-15(2)3-4-18-11/h5,11,14H,3-4,6-8H2,1-2H3,(H,16,17). The average molecular weight is 268 g/mol. The van der Waals surface area contributed by atoms with Crippen molar-refractivity contribution in [3.05, 3.63) is 23.2 Å². The first kappa shape index (κ1) is 14.0. The number of likely N-dealkylation sites (N-methyl/N-ethyl adjacent to an activating group) is 1. The van der Waals surface area contributed by atoms with Crippen LogP contribution in [0.1, 0.15) is 21.9 Å². The van der Waals surface area contributed by atoms with Crippen molar-refractivity contribution >= 4 is 5.97 Å². The number of nitrogens with one attached hydrogen (secondary N) is 1. The highest BCUT2D eigenvalue weighted by atomic mass is 16.5. The fraction of sp³-hybridized carbons (Fsp3) is 0.615.